The lowest BCUT2D eigenvalue weighted by Crippen LogP contribution is -2.62. The molecule has 0 aromatic heterocycles. The van der Waals surface area contributed by atoms with Gasteiger partial charge in [-0.3, -0.25) is 9.59 Å². The van der Waals surface area contributed by atoms with Crippen molar-refractivity contribution in [2.75, 3.05) is 0 Å². The Morgan fingerprint density at radius 2 is 1.55 bits per heavy atom. The van der Waals surface area contributed by atoms with Crippen molar-refractivity contribution >= 4 is 11.9 Å². The quantitative estimate of drug-likeness (QED) is 0.249. The van der Waals surface area contributed by atoms with Gasteiger partial charge in [-0.25, -0.2) is 0 Å². The molecule has 1 aliphatic heterocycles. The first kappa shape index (κ1) is 30.8. The van der Waals surface area contributed by atoms with Gasteiger partial charge < -0.3 is 9.84 Å². The number of carbonyl (C=O) groups excluding carboxylic acids is 1. The summed E-state index contributed by atoms with van der Waals surface area (Å²) in [7, 11) is 0. The van der Waals surface area contributed by atoms with E-state index in [1.165, 1.54) is 6.42 Å². The lowest BCUT2D eigenvalue weighted by molar-refractivity contribution is -0.665. The minimum Gasteiger partial charge on any atom is -0.481 e. The highest BCUT2D eigenvalue weighted by Crippen LogP contribution is 2.69. The Morgan fingerprint density at radius 1 is 0.881 bits per heavy atom. The molecule has 0 amide bonds. The first-order chi connectivity index (χ1) is 19.9. The molecule has 6 aliphatic rings. The lowest BCUT2D eigenvalue weighted by atomic mass is 9.43. The molecule has 8 nitrogen and oxygen atoms in total. The van der Waals surface area contributed by atoms with Gasteiger partial charge in [-0.05, 0) is 104 Å². The molecule has 5 saturated carbocycles. The molecule has 8 heteroatoms. The van der Waals surface area contributed by atoms with Crippen LogP contribution in [0.25, 0.3) is 0 Å². The van der Waals surface area contributed by atoms with Crippen LogP contribution in [-0.2, 0) is 33.9 Å². The van der Waals surface area contributed by atoms with Crippen molar-refractivity contribution in [3.63, 3.8) is 0 Å². The second kappa shape index (κ2) is 11.3. The van der Waals surface area contributed by atoms with E-state index in [-0.39, 0.29) is 35.2 Å². The number of rotatable bonds is 6. The van der Waals surface area contributed by atoms with Crippen LogP contribution in [0.3, 0.4) is 0 Å². The van der Waals surface area contributed by atoms with E-state index in [1.807, 2.05) is 0 Å². The second-order valence-electron chi connectivity index (χ2n) is 15.7. The van der Waals surface area contributed by atoms with E-state index < -0.39 is 17.5 Å². The van der Waals surface area contributed by atoms with Gasteiger partial charge in [0.15, 0.2) is 0 Å². The predicted molar refractivity (Wildman–Crippen MR) is 154 cm³/mol. The predicted octanol–water partition coefficient (Wildman–Crippen LogP) is 7.59. The number of hydrogen-bond acceptors (Lipinski definition) is 7. The number of carboxylic acid groups (broad SMARTS) is 1. The van der Waals surface area contributed by atoms with Crippen molar-refractivity contribution in [2.24, 2.45) is 52.3 Å². The molecule has 0 aromatic carbocycles. The van der Waals surface area contributed by atoms with E-state index in [0.717, 1.165) is 77.0 Å². The minimum atomic E-state index is -0.911. The Balaban J connectivity index is 1.19. The van der Waals surface area contributed by atoms with Crippen molar-refractivity contribution in [3.8, 4) is 0 Å². The summed E-state index contributed by atoms with van der Waals surface area (Å²) >= 11 is 0. The molecule has 0 bridgehead atoms. The van der Waals surface area contributed by atoms with Crippen LogP contribution in [0.1, 0.15) is 131 Å². The maximum Gasteiger partial charge on any atom is 0.303 e. The molecule has 2 spiro atoms. The van der Waals surface area contributed by atoms with Crippen LogP contribution in [0.5, 0.6) is 0 Å². The van der Waals surface area contributed by atoms with Gasteiger partial charge in [0.2, 0.25) is 11.6 Å². The molecule has 6 fully saturated rings. The Hall–Kier alpha value is -1.22. The zero-order chi connectivity index (χ0) is 29.9. The molecule has 6 rings (SSSR count). The topological polar surface area (TPSA) is 101 Å². The van der Waals surface area contributed by atoms with Gasteiger partial charge in [0.05, 0.1) is 0 Å². The average Bonchev–Trinajstić information content (AvgIpc) is 3.32. The van der Waals surface area contributed by atoms with Crippen LogP contribution in [0.4, 0.5) is 0 Å². The number of esters is 1. The fourth-order valence-electron chi connectivity index (χ4n) is 11.2. The Labute approximate surface area is 251 Å². The third kappa shape index (κ3) is 5.24. The highest BCUT2D eigenvalue weighted by Gasteiger charge is 2.66. The van der Waals surface area contributed by atoms with Crippen molar-refractivity contribution in [1.82, 2.24) is 0 Å². The van der Waals surface area contributed by atoms with E-state index in [2.05, 4.69) is 27.7 Å². The van der Waals surface area contributed by atoms with E-state index in [4.69, 9.17) is 24.3 Å². The normalized spacial score (nSPS) is 49.1. The summed E-state index contributed by atoms with van der Waals surface area (Å²) in [6.45, 7) is 11.0. The maximum absolute atomic E-state index is 12.5. The van der Waals surface area contributed by atoms with Crippen LogP contribution in [0.2, 0.25) is 0 Å². The molecule has 238 valence electrons. The first-order valence-electron chi connectivity index (χ1n) is 17.1. The summed E-state index contributed by atoms with van der Waals surface area (Å²) < 4.78 is 6.21. The number of hydrogen-bond donors (Lipinski definition) is 1. The highest BCUT2D eigenvalue weighted by molar-refractivity contribution is 5.66. The molecular formula is C34H54O8. The number of fused-ring (bicyclic) bond motifs is 5. The fourth-order valence-corrected chi connectivity index (χ4v) is 11.2. The smallest absolute Gasteiger partial charge is 0.303 e. The second-order valence-corrected chi connectivity index (χ2v) is 15.7. The van der Waals surface area contributed by atoms with Gasteiger partial charge in [0.1, 0.15) is 6.10 Å². The van der Waals surface area contributed by atoms with E-state index in [9.17, 15) is 14.7 Å². The van der Waals surface area contributed by atoms with Crippen LogP contribution >= 0.6 is 0 Å². The minimum absolute atomic E-state index is 0.0992. The molecule has 5 aliphatic carbocycles. The summed E-state index contributed by atoms with van der Waals surface area (Å²) in [6.07, 6.45) is 13.4. The summed E-state index contributed by atoms with van der Waals surface area (Å²) in [6, 6.07) is 0. The van der Waals surface area contributed by atoms with Gasteiger partial charge in [-0.15, -0.1) is 0 Å². The molecular weight excluding hydrogens is 536 g/mol. The van der Waals surface area contributed by atoms with Gasteiger partial charge in [0.25, 0.3) is 0 Å². The number of carbonyl (C=O) groups is 2. The summed E-state index contributed by atoms with van der Waals surface area (Å²) in [5.41, 5.74) is 0.251. The molecule has 1 heterocycles. The van der Waals surface area contributed by atoms with Crippen molar-refractivity contribution < 1.29 is 39.0 Å². The highest BCUT2D eigenvalue weighted by atomic mass is 17.4. The zero-order valence-electron chi connectivity index (χ0n) is 26.5. The fraction of sp³-hybridized carbons (Fsp3) is 0.941. The number of aliphatic carboxylic acids is 1. The summed E-state index contributed by atoms with van der Waals surface area (Å²) in [5, 5.41) is 9.31. The maximum atomic E-state index is 12.5. The van der Waals surface area contributed by atoms with Crippen LogP contribution in [-0.4, -0.2) is 34.7 Å². The molecule has 0 radical (unpaired) electrons. The van der Waals surface area contributed by atoms with E-state index in [0.29, 0.717) is 41.9 Å². The number of carboxylic acids is 1. The van der Waals surface area contributed by atoms with Gasteiger partial charge in [-0.1, -0.05) is 34.1 Å². The van der Waals surface area contributed by atoms with Gasteiger partial charge in [-0.2, -0.15) is 19.6 Å². The molecule has 1 N–H and O–H groups in total. The van der Waals surface area contributed by atoms with Crippen LogP contribution in [0, 0.1) is 52.3 Å². The summed E-state index contributed by atoms with van der Waals surface area (Å²) in [4.78, 5) is 48.3. The molecule has 0 unspecified atom stereocenters. The lowest BCUT2D eigenvalue weighted by Gasteiger charge is -2.64. The van der Waals surface area contributed by atoms with Crippen molar-refractivity contribution in [2.45, 2.75) is 149 Å². The SMILES string of the molecule is CCC1CCC2(CC1)OOC1(CC[C@@]3(C)[C@H](C[C@@H](OC(C)=O)[C@@H]4[C@@H]3CC[C@]3(C)[C@@H]([C@H](C)CCC(=O)O)CC[C@@H]43)C1)OO2. The molecule has 0 aromatic rings. The summed E-state index contributed by atoms with van der Waals surface area (Å²) in [5.74, 6) is 0.541. The van der Waals surface area contributed by atoms with Crippen molar-refractivity contribution in [1.29, 1.82) is 0 Å². The van der Waals surface area contributed by atoms with E-state index >= 15 is 0 Å². The third-order valence-corrected chi connectivity index (χ3v) is 13.7. The van der Waals surface area contributed by atoms with Crippen LogP contribution < -0.4 is 0 Å². The first-order valence-corrected chi connectivity index (χ1v) is 17.1. The molecule has 42 heavy (non-hydrogen) atoms. The Bertz CT molecular complexity index is 1010. The van der Waals surface area contributed by atoms with Gasteiger partial charge >= 0.3 is 11.9 Å². The Kier molecular flexibility index (Phi) is 8.28. The van der Waals surface area contributed by atoms with Gasteiger partial charge in [0, 0.05) is 44.9 Å². The largest absolute Gasteiger partial charge is 0.481 e. The molecule has 1 saturated heterocycles. The van der Waals surface area contributed by atoms with Crippen LogP contribution in [0.15, 0.2) is 0 Å². The average molecular weight is 591 g/mol. The standard InChI is InChI=1S/C34H54O8/c1-6-23-11-15-33(16-12-23)39-41-34(42-40-33)18-17-31(4)24(20-34)19-28(38-22(3)35)30-26-9-8-25(21(2)7-10-29(36)37)32(26,5)14-13-27(30)31/h21,23-28,30H,6-20H2,1-5H3,(H,36,37)/t21-,23?,24-,25-,26+,27+,28-,30+,31+,32-,33?,34?/m1/s1. The number of ether oxygens (including phenoxy) is 1. The zero-order valence-corrected chi connectivity index (χ0v) is 26.5. The van der Waals surface area contributed by atoms with E-state index in [1.54, 1.807) is 6.92 Å². The monoisotopic (exact) mass is 590 g/mol. The third-order valence-electron chi connectivity index (χ3n) is 13.7. The molecule has 9 atom stereocenters. The Morgan fingerprint density at radius 3 is 2.19 bits per heavy atom. The van der Waals surface area contributed by atoms with Crippen molar-refractivity contribution in [3.05, 3.63) is 0 Å².